The third-order valence-corrected chi connectivity index (χ3v) is 6.03. The number of rotatable bonds is 3. The molecule has 0 saturated carbocycles. The Labute approximate surface area is 181 Å². The summed E-state index contributed by atoms with van der Waals surface area (Å²) in [7, 11) is 0. The SMILES string of the molecule is O=C1COCCN1[C@H]1CCc2ccccc2C1/C=N/c1ncnc2[nH]c(C(F)(F)F)cc12. The summed E-state index contributed by atoms with van der Waals surface area (Å²) in [5.74, 6) is -0.131. The molecule has 2 aromatic heterocycles. The van der Waals surface area contributed by atoms with Crippen LogP contribution in [0.25, 0.3) is 11.0 Å². The van der Waals surface area contributed by atoms with Gasteiger partial charge in [-0.25, -0.2) is 15.0 Å². The summed E-state index contributed by atoms with van der Waals surface area (Å²) < 4.78 is 44.7. The van der Waals surface area contributed by atoms with Crippen LogP contribution < -0.4 is 0 Å². The minimum Gasteiger partial charge on any atom is -0.370 e. The van der Waals surface area contributed by atoms with E-state index < -0.39 is 11.9 Å². The molecule has 32 heavy (non-hydrogen) atoms. The largest absolute Gasteiger partial charge is 0.431 e. The number of nitrogens with zero attached hydrogens (tertiary/aromatic N) is 4. The molecule has 2 aliphatic rings. The Balaban J connectivity index is 1.54. The quantitative estimate of drug-likeness (QED) is 0.627. The molecule has 0 bridgehead atoms. The van der Waals surface area contributed by atoms with Crippen LogP contribution in [0.3, 0.4) is 0 Å². The van der Waals surface area contributed by atoms with Gasteiger partial charge in [0.05, 0.1) is 12.0 Å². The summed E-state index contributed by atoms with van der Waals surface area (Å²) in [4.78, 5) is 29.1. The highest BCUT2D eigenvalue weighted by molar-refractivity contribution is 5.89. The minimum absolute atomic E-state index is 0.0537. The van der Waals surface area contributed by atoms with E-state index in [1.54, 1.807) is 6.21 Å². The molecule has 1 aliphatic heterocycles. The van der Waals surface area contributed by atoms with Gasteiger partial charge in [0.2, 0.25) is 5.91 Å². The van der Waals surface area contributed by atoms with E-state index in [-0.39, 0.29) is 41.3 Å². The molecular formula is C22H20F3N5O2. The highest BCUT2D eigenvalue weighted by Crippen LogP contribution is 2.36. The van der Waals surface area contributed by atoms with E-state index in [1.807, 2.05) is 23.1 Å². The lowest BCUT2D eigenvalue weighted by Gasteiger charge is -2.41. The zero-order valence-electron chi connectivity index (χ0n) is 17.0. The van der Waals surface area contributed by atoms with Crippen molar-refractivity contribution in [2.24, 2.45) is 4.99 Å². The minimum atomic E-state index is -4.52. The number of carbonyl (C=O) groups excluding carboxylic acids is 1. The van der Waals surface area contributed by atoms with Gasteiger partial charge in [-0.1, -0.05) is 24.3 Å². The Morgan fingerprint density at radius 1 is 1.25 bits per heavy atom. The molecule has 1 fully saturated rings. The highest BCUT2D eigenvalue weighted by Gasteiger charge is 2.36. The molecule has 2 atom stereocenters. The van der Waals surface area contributed by atoms with Crippen LogP contribution in [-0.2, 0) is 22.1 Å². The molecule has 1 unspecified atom stereocenters. The van der Waals surface area contributed by atoms with Crippen molar-refractivity contribution >= 4 is 29.0 Å². The number of aliphatic imine (C=N–C) groups is 1. The molecule has 0 spiro atoms. The molecule has 7 nitrogen and oxygen atoms in total. The average molecular weight is 443 g/mol. The van der Waals surface area contributed by atoms with Crippen molar-refractivity contribution in [1.29, 1.82) is 0 Å². The Hall–Kier alpha value is -3.27. The third kappa shape index (κ3) is 3.75. The molecule has 1 aliphatic carbocycles. The van der Waals surface area contributed by atoms with Gasteiger partial charge in [-0.15, -0.1) is 0 Å². The predicted molar refractivity (Wildman–Crippen MR) is 111 cm³/mol. The van der Waals surface area contributed by atoms with Crippen LogP contribution in [0.5, 0.6) is 0 Å². The zero-order valence-corrected chi connectivity index (χ0v) is 17.0. The maximum atomic E-state index is 13.1. The topological polar surface area (TPSA) is 83.5 Å². The first-order valence-corrected chi connectivity index (χ1v) is 10.3. The van der Waals surface area contributed by atoms with E-state index in [1.165, 1.54) is 11.9 Å². The monoisotopic (exact) mass is 443 g/mol. The van der Waals surface area contributed by atoms with Crippen molar-refractivity contribution in [1.82, 2.24) is 19.9 Å². The van der Waals surface area contributed by atoms with Crippen molar-refractivity contribution in [2.45, 2.75) is 31.0 Å². The van der Waals surface area contributed by atoms with Crippen molar-refractivity contribution in [3.63, 3.8) is 0 Å². The smallest absolute Gasteiger partial charge is 0.370 e. The summed E-state index contributed by atoms with van der Waals surface area (Å²) in [5, 5.41) is 0.194. The van der Waals surface area contributed by atoms with E-state index in [0.717, 1.165) is 24.5 Å². The number of alkyl halides is 3. The van der Waals surface area contributed by atoms with E-state index in [0.29, 0.717) is 13.2 Å². The van der Waals surface area contributed by atoms with Crippen LogP contribution in [0.15, 0.2) is 41.7 Å². The second-order valence-electron chi connectivity index (χ2n) is 7.89. The number of aromatic nitrogens is 3. The lowest BCUT2D eigenvalue weighted by atomic mass is 9.79. The summed E-state index contributed by atoms with van der Waals surface area (Å²) >= 11 is 0. The van der Waals surface area contributed by atoms with Crippen molar-refractivity contribution < 1.29 is 22.7 Å². The zero-order chi connectivity index (χ0) is 22.3. The maximum absolute atomic E-state index is 13.1. The molecule has 5 rings (SSSR count). The van der Waals surface area contributed by atoms with Gasteiger partial charge < -0.3 is 14.6 Å². The van der Waals surface area contributed by atoms with Gasteiger partial charge in [-0.3, -0.25) is 4.79 Å². The Bertz CT molecular complexity index is 1190. The van der Waals surface area contributed by atoms with Crippen LogP contribution in [0.4, 0.5) is 19.0 Å². The second kappa shape index (κ2) is 8.01. The van der Waals surface area contributed by atoms with Crippen LogP contribution >= 0.6 is 0 Å². The Morgan fingerprint density at radius 2 is 2.09 bits per heavy atom. The molecule has 1 N–H and O–H groups in total. The van der Waals surface area contributed by atoms with Crippen LogP contribution in [0.1, 0.15) is 29.2 Å². The number of aromatic amines is 1. The molecule has 1 saturated heterocycles. The first-order valence-electron chi connectivity index (χ1n) is 10.3. The number of fused-ring (bicyclic) bond motifs is 2. The van der Waals surface area contributed by atoms with Crippen molar-refractivity contribution in [3.8, 4) is 0 Å². The van der Waals surface area contributed by atoms with Gasteiger partial charge >= 0.3 is 6.18 Å². The second-order valence-corrected chi connectivity index (χ2v) is 7.89. The van der Waals surface area contributed by atoms with E-state index in [4.69, 9.17) is 4.74 Å². The molecule has 0 radical (unpaired) electrons. The molecule has 10 heteroatoms. The number of aryl methyl sites for hydroxylation is 1. The molecule has 1 amide bonds. The van der Waals surface area contributed by atoms with Crippen molar-refractivity contribution in [3.05, 3.63) is 53.5 Å². The standard InChI is InChI=1S/C22H20F3N5O2/c23-22(24,25)18-9-15-20(27-12-28-21(15)29-18)26-10-16-14-4-2-1-3-13(14)5-6-17(16)30-7-8-32-11-19(30)31/h1-4,9-10,12,16-17H,5-8,11H2,(H,27,28,29)/b26-10+/t16?,17-/m0/s1. The summed E-state index contributed by atoms with van der Waals surface area (Å²) in [6, 6.07) is 8.83. The number of halogens is 3. The molecule has 166 valence electrons. The lowest BCUT2D eigenvalue weighted by molar-refractivity contribution is -0.146. The number of morpholine rings is 1. The maximum Gasteiger partial charge on any atom is 0.431 e. The predicted octanol–water partition coefficient (Wildman–Crippen LogP) is 3.64. The van der Waals surface area contributed by atoms with E-state index in [9.17, 15) is 18.0 Å². The van der Waals surface area contributed by atoms with Gasteiger partial charge in [-0.2, -0.15) is 13.2 Å². The summed E-state index contributed by atoms with van der Waals surface area (Å²) in [6.45, 7) is 1.03. The number of carbonyl (C=O) groups is 1. The summed E-state index contributed by atoms with van der Waals surface area (Å²) in [5.41, 5.74) is 1.41. The van der Waals surface area contributed by atoms with Crippen molar-refractivity contribution in [2.75, 3.05) is 19.8 Å². The van der Waals surface area contributed by atoms with Gasteiger partial charge in [0.25, 0.3) is 0 Å². The number of H-pyrrole nitrogens is 1. The molecular weight excluding hydrogens is 423 g/mol. The van der Waals surface area contributed by atoms with Crippen LogP contribution in [0.2, 0.25) is 0 Å². The first kappa shape index (κ1) is 20.6. The normalized spacial score (nSPS) is 22.0. The molecule has 1 aromatic carbocycles. The van der Waals surface area contributed by atoms with Crippen LogP contribution in [-0.4, -0.2) is 57.8 Å². The van der Waals surface area contributed by atoms with E-state index in [2.05, 4.69) is 26.0 Å². The van der Waals surface area contributed by atoms with Gasteiger partial charge in [-0.05, 0) is 30.0 Å². The fourth-order valence-corrected chi connectivity index (χ4v) is 4.52. The van der Waals surface area contributed by atoms with Gasteiger partial charge in [0.1, 0.15) is 24.3 Å². The summed E-state index contributed by atoms with van der Waals surface area (Å²) in [6.07, 6.45) is -0.0377. The fourth-order valence-electron chi connectivity index (χ4n) is 4.52. The third-order valence-electron chi connectivity index (χ3n) is 6.03. The number of nitrogens with one attached hydrogen (secondary N) is 1. The average Bonchev–Trinajstić information content (AvgIpc) is 3.24. The highest BCUT2D eigenvalue weighted by atomic mass is 19.4. The number of benzene rings is 1. The number of ether oxygens (including phenoxy) is 1. The fraction of sp³-hybridized carbons (Fsp3) is 0.364. The van der Waals surface area contributed by atoms with Gasteiger partial charge in [0, 0.05) is 24.7 Å². The van der Waals surface area contributed by atoms with E-state index >= 15 is 0 Å². The number of hydrogen-bond donors (Lipinski definition) is 1. The number of hydrogen-bond acceptors (Lipinski definition) is 5. The lowest BCUT2D eigenvalue weighted by Crippen LogP contribution is -2.51. The molecule has 3 aromatic rings. The Morgan fingerprint density at radius 3 is 2.91 bits per heavy atom. The molecule has 3 heterocycles. The Kier molecular flexibility index (Phi) is 5.16. The first-order chi connectivity index (χ1) is 15.4. The van der Waals surface area contributed by atoms with Gasteiger partial charge in [0.15, 0.2) is 5.82 Å². The number of amides is 1. The van der Waals surface area contributed by atoms with Crippen LogP contribution in [0, 0.1) is 0 Å².